The maximum absolute atomic E-state index is 12.8. The minimum Gasteiger partial charge on any atom is -0.462 e. The van der Waals surface area contributed by atoms with Gasteiger partial charge in [0.05, 0.1) is 6.61 Å². The number of phosphoric acid groups is 1. The standard InChI is InChI=1S/C47H81O13P/c1-3-5-7-9-11-13-15-17-19-20-22-24-26-28-30-32-34-36-41(49)59-39(38-58-61(55,56)60-47-45(53)43(51)42(50)44(52)46(47)54)37-57-40(48)35-33-31-29-27-25-23-21-18-16-14-12-10-8-6-4-2/h17-19,21-22,24-25,27-28,30,39,42-47,50-54H,3-16,20,23,26,29,31-38H2,1-2H3,(H,55,56)/b19-17+,21-18+,24-22+,27-25+,30-28+/t39-,42?,43+,44?,45?,46?,47?/m1/s1. The van der Waals surface area contributed by atoms with Crippen LogP contribution < -0.4 is 0 Å². The van der Waals surface area contributed by atoms with E-state index in [9.17, 15) is 44.6 Å². The van der Waals surface area contributed by atoms with Crippen molar-refractivity contribution < 1.29 is 63.1 Å². The van der Waals surface area contributed by atoms with Crippen molar-refractivity contribution in [3.63, 3.8) is 0 Å². The lowest BCUT2D eigenvalue weighted by molar-refractivity contribution is -0.220. The number of aliphatic hydroxyl groups is 5. The van der Waals surface area contributed by atoms with Gasteiger partial charge in [-0.05, 0) is 77.0 Å². The maximum Gasteiger partial charge on any atom is 0.472 e. The predicted octanol–water partition coefficient (Wildman–Crippen LogP) is 8.94. The summed E-state index contributed by atoms with van der Waals surface area (Å²) >= 11 is 0. The molecular formula is C47H81O13P. The van der Waals surface area contributed by atoms with Gasteiger partial charge in [0.25, 0.3) is 0 Å². The molecule has 1 aliphatic carbocycles. The van der Waals surface area contributed by atoms with Crippen LogP contribution in [0.5, 0.6) is 0 Å². The topological polar surface area (TPSA) is 210 Å². The zero-order valence-corrected chi connectivity index (χ0v) is 38.1. The van der Waals surface area contributed by atoms with Gasteiger partial charge in [-0.25, -0.2) is 4.57 Å². The number of unbranched alkanes of at least 4 members (excludes halogenated alkanes) is 15. The highest BCUT2D eigenvalue weighted by Gasteiger charge is 2.51. The molecule has 6 unspecified atom stereocenters. The first kappa shape index (κ1) is 56.6. The molecular weight excluding hydrogens is 803 g/mol. The van der Waals surface area contributed by atoms with Crippen LogP contribution in [0.15, 0.2) is 60.8 Å². The molecule has 13 nitrogen and oxygen atoms in total. The van der Waals surface area contributed by atoms with E-state index in [2.05, 4.69) is 62.5 Å². The lowest BCUT2D eigenvalue weighted by Crippen LogP contribution is -2.64. The second-order valence-corrected chi connectivity index (χ2v) is 17.3. The average molecular weight is 885 g/mol. The Hall–Kier alpha value is -2.45. The SMILES string of the molecule is CCCCCCCC/C=C/C/C=C/C/C=C/CCCC(=O)O[C@H](COC(=O)CCCC/C=C/C/C=C/CCCCCCCC)COP(=O)(O)OC1C(O)C(O)C(O)[C@H](O)C1O. The number of hydrogen-bond acceptors (Lipinski definition) is 12. The number of hydrogen-bond donors (Lipinski definition) is 6. The molecule has 0 aromatic carbocycles. The first-order valence-electron chi connectivity index (χ1n) is 23.1. The smallest absolute Gasteiger partial charge is 0.462 e. The number of phosphoric ester groups is 1. The largest absolute Gasteiger partial charge is 0.472 e. The molecule has 0 amide bonds. The Morgan fingerprint density at radius 1 is 0.508 bits per heavy atom. The van der Waals surface area contributed by atoms with Crippen molar-refractivity contribution in [1.29, 1.82) is 0 Å². The van der Waals surface area contributed by atoms with Gasteiger partial charge in [0, 0.05) is 12.8 Å². The first-order chi connectivity index (χ1) is 29.4. The van der Waals surface area contributed by atoms with Gasteiger partial charge in [-0.1, -0.05) is 139 Å². The third-order valence-electron chi connectivity index (χ3n) is 10.3. The molecule has 0 spiro atoms. The highest BCUT2D eigenvalue weighted by Crippen LogP contribution is 2.47. The summed E-state index contributed by atoms with van der Waals surface area (Å²) in [4.78, 5) is 35.6. The van der Waals surface area contributed by atoms with E-state index in [1.807, 2.05) is 12.2 Å². The molecule has 1 fully saturated rings. The lowest BCUT2D eigenvalue weighted by Gasteiger charge is -2.41. The third kappa shape index (κ3) is 29.5. The number of carbonyl (C=O) groups excluding carboxylic acids is 2. The van der Waals surface area contributed by atoms with E-state index >= 15 is 0 Å². The molecule has 0 aliphatic heterocycles. The summed E-state index contributed by atoms with van der Waals surface area (Å²) in [5, 5.41) is 50.1. The second kappa shape index (κ2) is 37.0. The molecule has 1 rings (SSSR count). The van der Waals surface area contributed by atoms with Crippen molar-refractivity contribution in [2.75, 3.05) is 13.2 Å². The average Bonchev–Trinajstić information content (AvgIpc) is 3.24. The van der Waals surface area contributed by atoms with Crippen LogP contribution in [0.25, 0.3) is 0 Å². The van der Waals surface area contributed by atoms with Gasteiger partial charge in [0.2, 0.25) is 0 Å². The van der Waals surface area contributed by atoms with Crippen LogP contribution in [-0.2, 0) is 32.7 Å². The van der Waals surface area contributed by atoms with Crippen molar-refractivity contribution >= 4 is 19.8 Å². The fourth-order valence-electron chi connectivity index (χ4n) is 6.57. The molecule has 0 bridgehead atoms. The van der Waals surface area contributed by atoms with Crippen molar-refractivity contribution in [3.8, 4) is 0 Å². The summed E-state index contributed by atoms with van der Waals surface area (Å²) in [5.74, 6) is -1.20. The molecule has 14 heteroatoms. The molecule has 0 aromatic rings. The fourth-order valence-corrected chi connectivity index (χ4v) is 7.54. The Morgan fingerprint density at radius 2 is 0.902 bits per heavy atom. The predicted molar refractivity (Wildman–Crippen MR) is 239 cm³/mol. The lowest BCUT2D eigenvalue weighted by atomic mass is 9.85. The molecule has 1 saturated carbocycles. The van der Waals surface area contributed by atoms with Gasteiger partial charge in [-0.2, -0.15) is 0 Å². The summed E-state index contributed by atoms with van der Waals surface area (Å²) in [6, 6.07) is 0. The van der Waals surface area contributed by atoms with Gasteiger partial charge in [-0.15, -0.1) is 0 Å². The van der Waals surface area contributed by atoms with Crippen LogP contribution in [0.1, 0.15) is 168 Å². The van der Waals surface area contributed by atoms with Gasteiger partial charge in [0.1, 0.15) is 43.2 Å². The molecule has 0 radical (unpaired) electrons. The van der Waals surface area contributed by atoms with E-state index < -0.39 is 75.7 Å². The normalized spacial score (nSPS) is 22.6. The molecule has 0 heterocycles. The highest BCUT2D eigenvalue weighted by molar-refractivity contribution is 7.47. The Balaban J connectivity index is 2.54. The Kier molecular flexibility index (Phi) is 34.3. The summed E-state index contributed by atoms with van der Waals surface area (Å²) < 4.78 is 33.4. The van der Waals surface area contributed by atoms with E-state index in [1.165, 1.54) is 77.0 Å². The molecule has 8 atom stereocenters. The minimum absolute atomic E-state index is 0.0162. The maximum atomic E-state index is 12.8. The fraction of sp³-hybridized carbons (Fsp3) is 0.745. The first-order valence-corrected chi connectivity index (χ1v) is 24.6. The van der Waals surface area contributed by atoms with Crippen LogP contribution in [-0.4, -0.2) is 98.3 Å². The Labute approximate surface area is 366 Å². The molecule has 6 N–H and O–H groups in total. The summed E-state index contributed by atoms with van der Waals surface area (Å²) in [5.41, 5.74) is 0. The second-order valence-electron chi connectivity index (χ2n) is 15.9. The Morgan fingerprint density at radius 3 is 1.39 bits per heavy atom. The molecule has 0 saturated heterocycles. The van der Waals surface area contributed by atoms with E-state index in [-0.39, 0.29) is 12.8 Å². The summed E-state index contributed by atoms with van der Waals surface area (Å²) in [6.07, 6.45) is 31.4. The minimum atomic E-state index is -5.14. The number of aliphatic hydroxyl groups excluding tert-OH is 5. The van der Waals surface area contributed by atoms with Crippen molar-refractivity contribution in [3.05, 3.63) is 60.8 Å². The molecule has 352 valence electrons. The number of rotatable bonds is 37. The van der Waals surface area contributed by atoms with Crippen molar-refractivity contribution in [2.24, 2.45) is 0 Å². The van der Waals surface area contributed by atoms with Gasteiger partial charge in [0.15, 0.2) is 6.10 Å². The van der Waals surface area contributed by atoms with E-state index in [0.29, 0.717) is 19.3 Å². The quantitative estimate of drug-likeness (QED) is 0.0149. The van der Waals surface area contributed by atoms with Crippen LogP contribution >= 0.6 is 7.82 Å². The van der Waals surface area contributed by atoms with E-state index in [1.54, 1.807) is 0 Å². The van der Waals surface area contributed by atoms with E-state index in [4.69, 9.17) is 18.5 Å². The third-order valence-corrected chi connectivity index (χ3v) is 11.3. The summed E-state index contributed by atoms with van der Waals surface area (Å²) in [7, 11) is -5.14. The highest BCUT2D eigenvalue weighted by atomic mass is 31.2. The van der Waals surface area contributed by atoms with Crippen LogP contribution in [0.3, 0.4) is 0 Å². The number of carbonyl (C=O) groups is 2. The number of allylic oxidation sites excluding steroid dienone is 10. The zero-order chi connectivity index (χ0) is 45.0. The van der Waals surface area contributed by atoms with Crippen LogP contribution in [0, 0.1) is 0 Å². The Bertz CT molecular complexity index is 1300. The number of ether oxygens (including phenoxy) is 2. The monoisotopic (exact) mass is 885 g/mol. The van der Waals surface area contributed by atoms with Crippen molar-refractivity contribution in [2.45, 2.75) is 211 Å². The number of esters is 2. The molecule has 1 aliphatic rings. The van der Waals surface area contributed by atoms with Gasteiger partial charge < -0.3 is 39.9 Å². The van der Waals surface area contributed by atoms with Crippen LogP contribution in [0.4, 0.5) is 0 Å². The van der Waals surface area contributed by atoms with Gasteiger partial charge >= 0.3 is 19.8 Å². The molecule has 61 heavy (non-hydrogen) atoms. The van der Waals surface area contributed by atoms with E-state index in [0.717, 1.165) is 44.9 Å². The van der Waals surface area contributed by atoms with Gasteiger partial charge in [-0.3, -0.25) is 18.6 Å². The van der Waals surface area contributed by atoms with Crippen LogP contribution in [0.2, 0.25) is 0 Å². The van der Waals surface area contributed by atoms with Crippen molar-refractivity contribution in [1.82, 2.24) is 0 Å². The zero-order valence-electron chi connectivity index (χ0n) is 37.2. The molecule has 0 aromatic heterocycles. The summed E-state index contributed by atoms with van der Waals surface area (Å²) in [6.45, 7) is 3.20.